The third kappa shape index (κ3) is 5.67. The zero-order valence-corrected chi connectivity index (χ0v) is 19.1. The highest BCUT2D eigenvalue weighted by atomic mass is 32.1. The van der Waals surface area contributed by atoms with Gasteiger partial charge in [0.1, 0.15) is 17.3 Å². The van der Waals surface area contributed by atoms with Gasteiger partial charge in [0.15, 0.2) is 0 Å². The van der Waals surface area contributed by atoms with Gasteiger partial charge in [-0.25, -0.2) is 13.8 Å². The summed E-state index contributed by atoms with van der Waals surface area (Å²) in [6.07, 6.45) is -3.63. The number of piperidine rings is 1. The van der Waals surface area contributed by atoms with Crippen molar-refractivity contribution in [2.24, 2.45) is 0 Å². The van der Waals surface area contributed by atoms with Gasteiger partial charge < -0.3 is 10.2 Å². The lowest BCUT2D eigenvalue weighted by Gasteiger charge is -2.31. The number of alkyl halides is 3. The summed E-state index contributed by atoms with van der Waals surface area (Å²) in [4.78, 5) is 30.9. The molecule has 0 saturated carbocycles. The summed E-state index contributed by atoms with van der Waals surface area (Å²) < 4.78 is 66.6. The minimum Gasteiger partial charge on any atom is -0.346 e. The lowest BCUT2D eigenvalue weighted by molar-refractivity contribution is -0.138. The van der Waals surface area contributed by atoms with Gasteiger partial charge in [-0.1, -0.05) is 18.2 Å². The average molecular weight is 510 g/mol. The largest absolute Gasteiger partial charge is 0.417 e. The molecule has 184 valence electrons. The molecule has 1 aromatic heterocycles. The molecule has 3 aromatic rings. The monoisotopic (exact) mass is 509 g/mol. The molecule has 0 radical (unpaired) electrons. The molecule has 2 aromatic carbocycles. The number of aromatic nitrogens is 1. The number of nitrogens with zero attached hydrogens (tertiary/aromatic N) is 2. The molecule has 11 heteroatoms. The maximum atomic E-state index is 13.7. The van der Waals surface area contributed by atoms with Gasteiger partial charge in [-0.3, -0.25) is 9.59 Å². The first kappa shape index (κ1) is 24.8. The molecule has 2 heterocycles. The lowest BCUT2D eigenvalue weighted by Crippen LogP contribution is -2.38. The number of amides is 2. The fraction of sp³-hybridized carbons (Fsp3) is 0.292. The molecule has 1 fully saturated rings. The molecule has 1 saturated heterocycles. The van der Waals surface area contributed by atoms with E-state index >= 15 is 0 Å². The van der Waals surface area contributed by atoms with E-state index in [1.54, 1.807) is 5.38 Å². The molecule has 4 rings (SSSR count). The van der Waals surface area contributed by atoms with E-state index < -0.39 is 35.2 Å². The summed E-state index contributed by atoms with van der Waals surface area (Å²) in [5, 5.41) is 4.81. The third-order valence-corrected chi connectivity index (χ3v) is 6.81. The van der Waals surface area contributed by atoms with E-state index in [0.717, 1.165) is 18.2 Å². The molecule has 1 aliphatic heterocycles. The van der Waals surface area contributed by atoms with Crippen LogP contribution in [0.15, 0.2) is 47.8 Å². The Morgan fingerprint density at radius 1 is 1.09 bits per heavy atom. The Hall–Kier alpha value is -3.34. The normalized spacial score (nSPS) is 14.7. The SMILES string of the molecule is O=C(NCc1ccc(F)cc1F)c1csc(C2CCN(C(=O)c3ccccc3C(F)(F)F)CC2)n1. The Kier molecular flexibility index (Phi) is 7.15. The van der Waals surface area contributed by atoms with Crippen molar-refractivity contribution in [1.82, 2.24) is 15.2 Å². The Morgan fingerprint density at radius 2 is 1.80 bits per heavy atom. The van der Waals surface area contributed by atoms with Crippen LogP contribution in [0, 0.1) is 11.6 Å². The number of carbonyl (C=O) groups excluding carboxylic acids is 2. The van der Waals surface area contributed by atoms with Crippen LogP contribution >= 0.6 is 11.3 Å². The molecule has 5 nitrogen and oxygen atoms in total. The van der Waals surface area contributed by atoms with Crippen LogP contribution in [-0.2, 0) is 12.7 Å². The molecule has 0 spiro atoms. The Bertz CT molecular complexity index is 1240. The van der Waals surface area contributed by atoms with E-state index in [-0.39, 0.29) is 42.4 Å². The molecule has 0 aliphatic carbocycles. The van der Waals surface area contributed by atoms with Crippen molar-refractivity contribution in [1.29, 1.82) is 0 Å². The van der Waals surface area contributed by atoms with Crippen molar-refractivity contribution in [2.75, 3.05) is 13.1 Å². The molecule has 0 atom stereocenters. The summed E-state index contributed by atoms with van der Waals surface area (Å²) >= 11 is 1.28. The lowest BCUT2D eigenvalue weighted by atomic mass is 9.96. The molecule has 35 heavy (non-hydrogen) atoms. The Morgan fingerprint density at radius 3 is 2.49 bits per heavy atom. The second kappa shape index (κ2) is 10.1. The molecule has 0 unspecified atom stereocenters. The minimum atomic E-state index is -4.62. The number of hydrogen-bond donors (Lipinski definition) is 1. The highest BCUT2D eigenvalue weighted by molar-refractivity contribution is 7.09. The van der Waals surface area contributed by atoms with Crippen LogP contribution in [0.1, 0.15) is 55.7 Å². The van der Waals surface area contributed by atoms with Gasteiger partial charge in [-0.05, 0) is 31.0 Å². The van der Waals surface area contributed by atoms with Crippen LogP contribution in [-0.4, -0.2) is 34.8 Å². The van der Waals surface area contributed by atoms with Crippen LogP contribution < -0.4 is 5.32 Å². The number of hydrogen-bond acceptors (Lipinski definition) is 4. The van der Waals surface area contributed by atoms with Crippen LogP contribution in [0.25, 0.3) is 0 Å². The molecular weight excluding hydrogens is 489 g/mol. The van der Waals surface area contributed by atoms with E-state index in [1.165, 1.54) is 40.5 Å². The van der Waals surface area contributed by atoms with E-state index in [9.17, 15) is 31.5 Å². The van der Waals surface area contributed by atoms with Crippen LogP contribution in [0.5, 0.6) is 0 Å². The average Bonchev–Trinajstić information content (AvgIpc) is 3.33. The molecule has 0 bridgehead atoms. The first-order valence-electron chi connectivity index (χ1n) is 10.8. The number of likely N-dealkylation sites (tertiary alicyclic amines) is 1. The predicted octanol–water partition coefficient (Wildman–Crippen LogP) is 5.39. The number of carbonyl (C=O) groups is 2. The van der Waals surface area contributed by atoms with Gasteiger partial charge in [-0.15, -0.1) is 11.3 Å². The number of rotatable bonds is 5. The number of benzene rings is 2. The third-order valence-electron chi connectivity index (χ3n) is 5.80. The standard InChI is InChI=1S/C24H20F5N3O2S/c25-16-6-5-15(19(26)11-16)12-30-21(33)20-13-35-22(31-20)14-7-9-32(10-8-14)23(34)17-3-1-2-4-18(17)24(27,28)29/h1-6,11,13-14H,7-10,12H2,(H,30,33). The van der Waals surface area contributed by atoms with E-state index in [1.807, 2.05) is 0 Å². The van der Waals surface area contributed by atoms with Gasteiger partial charge >= 0.3 is 6.18 Å². The predicted molar refractivity (Wildman–Crippen MR) is 119 cm³/mol. The maximum Gasteiger partial charge on any atom is 0.417 e. The van der Waals surface area contributed by atoms with Crippen molar-refractivity contribution in [3.05, 3.63) is 86.9 Å². The Balaban J connectivity index is 1.35. The summed E-state index contributed by atoms with van der Waals surface area (Å²) in [6, 6.07) is 7.82. The van der Waals surface area contributed by atoms with Crippen molar-refractivity contribution >= 4 is 23.2 Å². The topological polar surface area (TPSA) is 62.3 Å². The highest BCUT2D eigenvalue weighted by Gasteiger charge is 2.36. The fourth-order valence-electron chi connectivity index (χ4n) is 3.93. The number of halogens is 5. The molecular formula is C24H20F5N3O2S. The molecule has 2 amide bonds. The van der Waals surface area contributed by atoms with Crippen LogP contribution in [0.4, 0.5) is 22.0 Å². The number of thiazole rings is 1. The maximum absolute atomic E-state index is 13.7. The summed E-state index contributed by atoms with van der Waals surface area (Å²) in [6.45, 7) is 0.402. The van der Waals surface area contributed by atoms with Gasteiger partial charge in [-0.2, -0.15) is 13.2 Å². The summed E-state index contributed by atoms with van der Waals surface area (Å²) in [5.41, 5.74) is -1.03. The van der Waals surface area contributed by atoms with Crippen molar-refractivity contribution in [3.8, 4) is 0 Å². The first-order chi connectivity index (χ1) is 16.6. The van der Waals surface area contributed by atoms with Gasteiger partial charge in [0, 0.05) is 42.6 Å². The summed E-state index contributed by atoms with van der Waals surface area (Å²) in [7, 11) is 0. The molecule has 1 N–H and O–H groups in total. The van der Waals surface area contributed by atoms with E-state index in [2.05, 4.69) is 10.3 Å². The summed E-state index contributed by atoms with van der Waals surface area (Å²) in [5.74, 6) is -2.68. The van der Waals surface area contributed by atoms with Crippen molar-refractivity contribution in [2.45, 2.75) is 31.5 Å². The van der Waals surface area contributed by atoms with Gasteiger partial charge in [0.05, 0.1) is 16.1 Å². The molecule has 1 aliphatic rings. The Labute approximate surface area is 201 Å². The minimum absolute atomic E-state index is 0.0435. The zero-order chi connectivity index (χ0) is 25.2. The highest BCUT2D eigenvalue weighted by Crippen LogP contribution is 2.34. The van der Waals surface area contributed by atoms with Gasteiger partial charge in [0.2, 0.25) is 0 Å². The van der Waals surface area contributed by atoms with Crippen molar-refractivity contribution < 1.29 is 31.5 Å². The fourth-order valence-corrected chi connectivity index (χ4v) is 4.90. The van der Waals surface area contributed by atoms with E-state index in [4.69, 9.17) is 0 Å². The second-order valence-electron chi connectivity index (χ2n) is 8.10. The van der Waals surface area contributed by atoms with Crippen molar-refractivity contribution in [3.63, 3.8) is 0 Å². The smallest absolute Gasteiger partial charge is 0.346 e. The quantitative estimate of drug-likeness (QED) is 0.469. The number of nitrogens with one attached hydrogen (secondary N) is 1. The van der Waals surface area contributed by atoms with E-state index in [0.29, 0.717) is 17.8 Å². The zero-order valence-electron chi connectivity index (χ0n) is 18.2. The van der Waals surface area contributed by atoms with Crippen LogP contribution in [0.2, 0.25) is 0 Å². The second-order valence-corrected chi connectivity index (χ2v) is 8.99. The van der Waals surface area contributed by atoms with Crippen LogP contribution in [0.3, 0.4) is 0 Å². The van der Waals surface area contributed by atoms with Gasteiger partial charge in [0.25, 0.3) is 11.8 Å². The first-order valence-corrected chi connectivity index (χ1v) is 11.6.